The molecule has 0 saturated heterocycles. The van der Waals surface area contributed by atoms with Gasteiger partial charge in [0.25, 0.3) is 0 Å². The average Bonchev–Trinajstić information content (AvgIpc) is 3.06. The van der Waals surface area contributed by atoms with Crippen molar-refractivity contribution >= 4 is 11.8 Å². The number of aryl methyl sites for hydroxylation is 2. The van der Waals surface area contributed by atoms with Crippen LogP contribution >= 0.6 is 11.8 Å². The molecule has 8 nitrogen and oxygen atoms in total. The Hall–Kier alpha value is -3.07. The van der Waals surface area contributed by atoms with Gasteiger partial charge in [0.1, 0.15) is 22.6 Å². The van der Waals surface area contributed by atoms with E-state index in [1.54, 1.807) is 32.4 Å². The smallest absolute Gasteiger partial charge is 0.220 e. The molecule has 1 aromatic heterocycles. The summed E-state index contributed by atoms with van der Waals surface area (Å²) in [5, 5.41) is 19.9. The van der Waals surface area contributed by atoms with Gasteiger partial charge in [0.2, 0.25) is 6.54 Å². The van der Waals surface area contributed by atoms with Gasteiger partial charge in [-0.1, -0.05) is 23.9 Å². The van der Waals surface area contributed by atoms with Crippen molar-refractivity contribution < 1.29 is 14.4 Å². The first-order valence-electron chi connectivity index (χ1n) is 8.92. The molecular weight excluding hydrogens is 392 g/mol. The number of hydrogen-bond acceptors (Lipinski definition) is 7. The minimum absolute atomic E-state index is 0.298. The summed E-state index contributed by atoms with van der Waals surface area (Å²) in [4.78, 5) is 11.1. The number of ether oxygens (including phenoxy) is 2. The lowest BCUT2D eigenvalue weighted by Gasteiger charge is -2.17. The topological polar surface area (TPSA) is 92.3 Å². The van der Waals surface area contributed by atoms with E-state index in [0.717, 1.165) is 11.3 Å². The summed E-state index contributed by atoms with van der Waals surface area (Å²) in [5.74, 6) is 1.87. The molecular formula is C20H22N4O4S. The number of hydrogen-bond donors (Lipinski definition) is 0. The van der Waals surface area contributed by atoms with E-state index in [2.05, 4.69) is 10.2 Å². The summed E-state index contributed by atoms with van der Waals surface area (Å²) in [7, 11) is 3.09. The van der Waals surface area contributed by atoms with Crippen molar-refractivity contribution in [3.8, 4) is 17.2 Å². The Balaban J connectivity index is 2.05. The van der Waals surface area contributed by atoms with Gasteiger partial charge in [-0.15, -0.1) is 10.2 Å². The van der Waals surface area contributed by atoms with Crippen molar-refractivity contribution in [2.75, 3.05) is 20.8 Å². The molecule has 0 aliphatic heterocycles. The average molecular weight is 414 g/mol. The largest absolute Gasteiger partial charge is 0.497 e. The van der Waals surface area contributed by atoms with Crippen molar-refractivity contribution in [1.29, 1.82) is 0 Å². The molecule has 9 heteroatoms. The lowest BCUT2D eigenvalue weighted by molar-refractivity contribution is -0.479. The van der Waals surface area contributed by atoms with Crippen LogP contribution < -0.4 is 9.47 Å². The van der Waals surface area contributed by atoms with Crippen LogP contribution in [-0.2, 0) is 0 Å². The summed E-state index contributed by atoms with van der Waals surface area (Å²) in [6, 6.07) is 13.2. The van der Waals surface area contributed by atoms with Crippen LogP contribution in [-0.4, -0.2) is 40.5 Å². The molecule has 1 heterocycles. The number of thioether (sulfide) groups is 1. The van der Waals surface area contributed by atoms with E-state index >= 15 is 0 Å². The van der Waals surface area contributed by atoms with E-state index in [1.165, 1.54) is 11.8 Å². The van der Waals surface area contributed by atoms with Gasteiger partial charge in [-0.2, -0.15) is 0 Å². The van der Waals surface area contributed by atoms with Crippen LogP contribution in [0.5, 0.6) is 11.5 Å². The fraction of sp³-hybridized carbons (Fsp3) is 0.300. The molecule has 0 fully saturated rings. The summed E-state index contributed by atoms with van der Waals surface area (Å²) >= 11 is 1.28. The van der Waals surface area contributed by atoms with E-state index < -0.39 is 5.25 Å². The van der Waals surface area contributed by atoms with Crippen LogP contribution in [0.4, 0.5) is 0 Å². The second kappa shape index (κ2) is 8.95. The second-order valence-corrected chi connectivity index (χ2v) is 7.60. The third-order valence-corrected chi connectivity index (χ3v) is 5.56. The monoisotopic (exact) mass is 414 g/mol. The highest BCUT2D eigenvalue weighted by Gasteiger charge is 2.27. The molecule has 29 heavy (non-hydrogen) atoms. The third kappa shape index (κ3) is 4.68. The molecule has 1 atom stereocenters. The quantitative estimate of drug-likeness (QED) is 0.312. The van der Waals surface area contributed by atoms with Crippen LogP contribution in [0, 0.1) is 24.0 Å². The maximum Gasteiger partial charge on any atom is 0.220 e. The zero-order valence-electron chi connectivity index (χ0n) is 16.7. The Labute approximate surface area is 173 Å². The van der Waals surface area contributed by atoms with Crippen LogP contribution in [0.25, 0.3) is 5.69 Å². The zero-order chi connectivity index (χ0) is 21.0. The van der Waals surface area contributed by atoms with Crippen molar-refractivity contribution in [2.45, 2.75) is 24.3 Å². The van der Waals surface area contributed by atoms with Gasteiger partial charge >= 0.3 is 0 Å². The van der Waals surface area contributed by atoms with Gasteiger partial charge in [0, 0.05) is 16.2 Å². The number of rotatable bonds is 8. The highest BCUT2D eigenvalue weighted by molar-refractivity contribution is 7.99. The molecule has 0 spiro atoms. The minimum Gasteiger partial charge on any atom is -0.497 e. The lowest BCUT2D eigenvalue weighted by atomic mass is 10.1. The number of nitro groups is 1. The molecule has 3 aromatic rings. The summed E-state index contributed by atoms with van der Waals surface area (Å²) < 4.78 is 12.6. The lowest BCUT2D eigenvalue weighted by Crippen LogP contribution is -2.12. The molecule has 0 unspecified atom stereocenters. The van der Waals surface area contributed by atoms with Gasteiger partial charge in [-0.05, 0) is 49.7 Å². The van der Waals surface area contributed by atoms with Gasteiger partial charge < -0.3 is 9.47 Å². The van der Waals surface area contributed by atoms with E-state index in [4.69, 9.17) is 9.47 Å². The predicted octanol–water partition coefficient (Wildman–Crippen LogP) is 4.01. The molecule has 3 rings (SSSR count). The molecule has 152 valence electrons. The maximum atomic E-state index is 11.4. The van der Waals surface area contributed by atoms with Gasteiger partial charge in [0.15, 0.2) is 5.16 Å². The van der Waals surface area contributed by atoms with Crippen molar-refractivity contribution in [2.24, 2.45) is 0 Å². The van der Waals surface area contributed by atoms with Crippen molar-refractivity contribution in [1.82, 2.24) is 14.8 Å². The number of benzene rings is 2. The van der Waals surface area contributed by atoms with Crippen LogP contribution in [0.1, 0.15) is 22.2 Å². The SMILES string of the molecule is COc1ccc(OC)c([C@@H](C[N+](=O)[O-])Sc2nnc(C)n2-c2cccc(C)c2)c1. The fourth-order valence-electron chi connectivity index (χ4n) is 3.04. The molecule has 0 amide bonds. The molecule has 0 saturated carbocycles. The molecule has 0 bridgehead atoms. The summed E-state index contributed by atoms with van der Waals surface area (Å²) in [6.45, 7) is 3.56. The van der Waals surface area contributed by atoms with Crippen LogP contribution in [0.3, 0.4) is 0 Å². The van der Waals surface area contributed by atoms with E-state index in [0.29, 0.717) is 28.0 Å². The number of nitrogens with zero attached hydrogens (tertiary/aromatic N) is 4. The normalized spacial score (nSPS) is 11.9. The molecule has 0 N–H and O–H groups in total. The summed E-state index contributed by atoms with van der Waals surface area (Å²) in [5.41, 5.74) is 2.68. The first-order chi connectivity index (χ1) is 13.9. The highest BCUT2D eigenvalue weighted by Crippen LogP contribution is 2.41. The first kappa shape index (κ1) is 20.7. The van der Waals surface area contributed by atoms with Crippen molar-refractivity contribution in [3.63, 3.8) is 0 Å². The highest BCUT2D eigenvalue weighted by atomic mass is 32.2. The molecule has 2 aromatic carbocycles. The summed E-state index contributed by atoms with van der Waals surface area (Å²) in [6.07, 6.45) is 0. The zero-order valence-corrected chi connectivity index (χ0v) is 17.5. The van der Waals surface area contributed by atoms with Gasteiger partial charge in [-0.3, -0.25) is 14.7 Å². The number of methoxy groups -OCH3 is 2. The molecule has 0 radical (unpaired) electrons. The Morgan fingerprint density at radius 1 is 1.14 bits per heavy atom. The Bertz CT molecular complexity index is 1020. The van der Waals surface area contributed by atoms with E-state index in [1.807, 2.05) is 42.7 Å². The Morgan fingerprint density at radius 2 is 1.93 bits per heavy atom. The first-order valence-corrected chi connectivity index (χ1v) is 9.80. The minimum atomic E-state index is -0.540. The van der Waals surface area contributed by atoms with E-state index in [-0.39, 0.29) is 11.5 Å². The predicted molar refractivity (Wildman–Crippen MR) is 111 cm³/mol. The third-order valence-electron chi connectivity index (χ3n) is 4.40. The van der Waals surface area contributed by atoms with Crippen LogP contribution in [0.2, 0.25) is 0 Å². The van der Waals surface area contributed by atoms with Gasteiger partial charge in [0.05, 0.1) is 14.2 Å². The van der Waals surface area contributed by atoms with Crippen molar-refractivity contribution in [3.05, 3.63) is 69.5 Å². The second-order valence-electron chi connectivity index (χ2n) is 6.43. The number of aromatic nitrogens is 3. The Kier molecular flexibility index (Phi) is 6.38. The standard InChI is InChI=1S/C20H22N4O4S/c1-13-6-5-7-15(10-13)24-14(2)21-22-20(24)29-19(12-23(25)26)17-11-16(27-3)8-9-18(17)28-4/h5-11,19H,12H2,1-4H3/t19-/m1/s1. The Morgan fingerprint density at radius 3 is 2.59 bits per heavy atom. The van der Waals surface area contributed by atoms with E-state index in [9.17, 15) is 10.1 Å². The molecule has 0 aliphatic rings. The molecule has 0 aliphatic carbocycles. The van der Waals surface area contributed by atoms with Gasteiger partial charge in [-0.25, -0.2) is 0 Å². The van der Waals surface area contributed by atoms with Crippen LogP contribution in [0.15, 0.2) is 47.6 Å². The maximum absolute atomic E-state index is 11.4. The fourth-order valence-corrected chi connectivity index (χ4v) is 4.23.